The number of imide groups is 2. The molecule has 0 bridgehead atoms. The van der Waals surface area contributed by atoms with Crippen LogP contribution in [-0.2, 0) is 24.7 Å². The third-order valence-electron chi connectivity index (χ3n) is 4.70. The smallest absolute Gasteiger partial charge is 0.258 e. The third kappa shape index (κ3) is 2.27. The van der Waals surface area contributed by atoms with Crippen LogP contribution in [0.3, 0.4) is 0 Å². The lowest BCUT2D eigenvalue weighted by molar-refractivity contribution is -0.143. The molecule has 4 rings (SSSR count). The van der Waals surface area contributed by atoms with E-state index < -0.39 is 29.2 Å². The third-order valence-corrected chi connectivity index (χ3v) is 4.70. The minimum Gasteiger partial charge on any atom is -0.269 e. The highest BCUT2D eigenvalue weighted by Gasteiger charge is 2.45. The van der Waals surface area contributed by atoms with Crippen molar-refractivity contribution in [2.45, 2.75) is 12.0 Å². The lowest BCUT2D eigenvalue weighted by atomic mass is 9.81. The zero-order valence-electron chi connectivity index (χ0n) is 13.7. The number of hydrogen-bond acceptors (Lipinski definition) is 4. The minimum atomic E-state index is -0.998. The first-order valence-electron chi connectivity index (χ1n) is 8.10. The number of benzene rings is 1. The number of amides is 4. The normalized spacial score (nSPS) is 24.8. The molecule has 0 aromatic heterocycles. The SMILES string of the molecule is O=C1C=CC(=O)N1C1=CCC(c2ccccc2)(N2C(=O)C=CC2=O)C=C1. The molecule has 1 aromatic rings. The van der Waals surface area contributed by atoms with Gasteiger partial charge in [-0.1, -0.05) is 42.5 Å². The molecule has 0 fully saturated rings. The summed E-state index contributed by atoms with van der Waals surface area (Å²) in [6, 6.07) is 9.20. The molecule has 1 atom stereocenters. The Morgan fingerprint density at radius 2 is 1.31 bits per heavy atom. The predicted molar refractivity (Wildman–Crippen MR) is 91.9 cm³/mol. The number of allylic oxidation sites excluding steroid dienone is 1. The van der Waals surface area contributed by atoms with Gasteiger partial charge >= 0.3 is 0 Å². The molecule has 6 nitrogen and oxygen atoms in total. The molecule has 1 unspecified atom stereocenters. The summed E-state index contributed by atoms with van der Waals surface area (Å²) in [4.78, 5) is 50.7. The molecule has 1 aliphatic carbocycles. The average Bonchev–Trinajstić information content (AvgIpc) is 3.17. The van der Waals surface area contributed by atoms with Crippen molar-refractivity contribution >= 4 is 23.6 Å². The van der Waals surface area contributed by atoms with Gasteiger partial charge in [-0.25, -0.2) is 4.90 Å². The van der Waals surface area contributed by atoms with Crippen LogP contribution in [-0.4, -0.2) is 33.4 Å². The van der Waals surface area contributed by atoms with E-state index >= 15 is 0 Å². The van der Waals surface area contributed by atoms with Crippen molar-refractivity contribution in [2.75, 3.05) is 0 Å². The van der Waals surface area contributed by atoms with Crippen molar-refractivity contribution in [2.24, 2.45) is 0 Å². The van der Waals surface area contributed by atoms with Crippen molar-refractivity contribution in [3.8, 4) is 0 Å². The Morgan fingerprint density at radius 3 is 1.85 bits per heavy atom. The number of carbonyl (C=O) groups excluding carboxylic acids is 4. The molecule has 26 heavy (non-hydrogen) atoms. The Morgan fingerprint density at radius 1 is 0.731 bits per heavy atom. The van der Waals surface area contributed by atoms with Gasteiger partial charge in [0.15, 0.2) is 0 Å². The molecule has 1 aromatic carbocycles. The number of nitrogens with zero attached hydrogens (tertiary/aromatic N) is 2. The maximum atomic E-state index is 12.3. The quantitative estimate of drug-likeness (QED) is 0.779. The van der Waals surface area contributed by atoms with E-state index in [1.165, 1.54) is 29.2 Å². The van der Waals surface area contributed by atoms with Crippen LogP contribution in [0.2, 0.25) is 0 Å². The summed E-state index contributed by atoms with van der Waals surface area (Å²) in [5, 5.41) is 0. The predicted octanol–water partition coefficient (Wildman–Crippen LogP) is 1.58. The molecular weight excluding hydrogens is 332 g/mol. The van der Waals surface area contributed by atoms with E-state index in [4.69, 9.17) is 0 Å². The van der Waals surface area contributed by atoms with Crippen molar-refractivity contribution in [1.82, 2.24) is 9.80 Å². The molecule has 2 aliphatic heterocycles. The van der Waals surface area contributed by atoms with Gasteiger partial charge in [0.1, 0.15) is 0 Å². The summed E-state index contributed by atoms with van der Waals surface area (Å²) >= 11 is 0. The van der Waals surface area contributed by atoms with Crippen LogP contribution in [0.15, 0.2) is 78.6 Å². The molecule has 0 saturated carbocycles. The lowest BCUT2D eigenvalue weighted by Crippen LogP contribution is -2.49. The molecule has 3 aliphatic rings. The van der Waals surface area contributed by atoms with Gasteiger partial charge in [-0.15, -0.1) is 0 Å². The highest BCUT2D eigenvalue weighted by Crippen LogP contribution is 2.40. The Balaban J connectivity index is 1.75. The fourth-order valence-corrected chi connectivity index (χ4v) is 3.47. The summed E-state index contributed by atoms with van der Waals surface area (Å²) in [7, 11) is 0. The van der Waals surface area contributed by atoms with Crippen LogP contribution in [0.25, 0.3) is 0 Å². The van der Waals surface area contributed by atoms with Crippen LogP contribution >= 0.6 is 0 Å². The molecule has 2 heterocycles. The van der Waals surface area contributed by atoms with E-state index in [9.17, 15) is 19.2 Å². The first kappa shape index (κ1) is 16.0. The fourth-order valence-electron chi connectivity index (χ4n) is 3.47. The largest absolute Gasteiger partial charge is 0.269 e. The topological polar surface area (TPSA) is 74.8 Å². The van der Waals surface area contributed by atoms with Gasteiger partial charge in [-0.05, 0) is 18.1 Å². The van der Waals surface area contributed by atoms with E-state index in [2.05, 4.69) is 0 Å². The maximum Gasteiger partial charge on any atom is 0.258 e. The number of rotatable bonds is 3. The summed E-state index contributed by atoms with van der Waals surface area (Å²) in [5.74, 6) is -1.60. The highest BCUT2D eigenvalue weighted by atomic mass is 16.2. The van der Waals surface area contributed by atoms with Gasteiger partial charge in [0, 0.05) is 30.0 Å². The molecule has 6 heteroatoms. The molecule has 0 saturated heterocycles. The molecular formula is C20H14N2O4. The van der Waals surface area contributed by atoms with Gasteiger partial charge < -0.3 is 0 Å². The van der Waals surface area contributed by atoms with Crippen LogP contribution < -0.4 is 0 Å². The number of hydrogen-bond donors (Lipinski definition) is 0. The van der Waals surface area contributed by atoms with Gasteiger partial charge in [0.25, 0.3) is 23.6 Å². The van der Waals surface area contributed by atoms with Crippen LogP contribution in [0.4, 0.5) is 0 Å². The maximum absolute atomic E-state index is 12.3. The summed E-state index contributed by atoms with van der Waals surface area (Å²) in [5.41, 5.74) is 0.208. The van der Waals surface area contributed by atoms with Gasteiger partial charge in [-0.3, -0.25) is 24.1 Å². The molecule has 0 N–H and O–H groups in total. The Hall–Kier alpha value is -3.54. The monoisotopic (exact) mass is 346 g/mol. The van der Waals surface area contributed by atoms with Crippen LogP contribution in [0, 0.1) is 0 Å². The zero-order chi connectivity index (χ0) is 18.3. The van der Waals surface area contributed by atoms with E-state index in [0.29, 0.717) is 5.70 Å². The molecule has 4 amide bonds. The van der Waals surface area contributed by atoms with Crippen molar-refractivity contribution in [3.63, 3.8) is 0 Å². The van der Waals surface area contributed by atoms with Crippen LogP contribution in [0.1, 0.15) is 12.0 Å². The number of carbonyl (C=O) groups is 4. The van der Waals surface area contributed by atoms with Crippen LogP contribution in [0.5, 0.6) is 0 Å². The van der Waals surface area contributed by atoms with E-state index in [0.717, 1.165) is 10.5 Å². The van der Waals surface area contributed by atoms with Crippen molar-refractivity contribution < 1.29 is 19.2 Å². The van der Waals surface area contributed by atoms with Gasteiger partial charge in [-0.2, -0.15) is 0 Å². The summed E-state index contributed by atoms with van der Waals surface area (Å²) < 4.78 is 0. The van der Waals surface area contributed by atoms with E-state index in [-0.39, 0.29) is 6.42 Å². The van der Waals surface area contributed by atoms with E-state index in [1.54, 1.807) is 18.2 Å². The Labute approximate surface area is 149 Å². The molecule has 0 spiro atoms. The Kier molecular flexibility index (Phi) is 3.54. The van der Waals surface area contributed by atoms with Gasteiger partial charge in [0.2, 0.25) is 0 Å². The lowest BCUT2D eigenvalue weighted by Gasteiger charge is -2.40. The Bertz CT molecular complexity index is 919. The first-order chi connectivity index (χ1) is 12.5. The minimum absolute atomic E-state index is 0.263. The zero-order valence-corrected chi connectivity index (χ0v) is 13.7. The second-order valence-corrected chi connectivity index (χ2v) is 6.15. The van der Waals surface area contributed by atoms with Crippen molar-refractivity contribution in [1.29, 1.82) is 0 Å². The molecule has 128 valence electrons. The second-order valence-electron chi connectivity index (χ2n) is 6.15. The summed E-state index contributed by atoms with van der Waals surface area (Å²) in [6.45, 7) is 0. The average molecular weight is 346 g/mol. The second kappa shape index (κ2) is 5.77. The standard InChI is InChI=1S/C20H14N2O4/c23-16-6-7-17(24)21(16)15-10-12-20(13-11-15,14-4-2-1-3-5-14)22-18(25)8-9-19(22)26/h1-12H,13H2. The highest BCUT2D eigenvalue weighted by molar-refractivity contribution is 6.15. The molecule has 0 radical (unpaired) electrons. The summed E-state index contributed by atoms with van der Waals surface area (Å²) in [6.07, 6.45) is 10.2. The van der Waals surface area contributed by atoms with Crippen molar-refractivity contribution in [3.05, 3.63) is 84.1 Å². The van der Waals surface area contributed by atoms with Gasteiger partial charge in [0.05, 0.1) is 5.54 Å². The fraction of sp³-hybridized carbons (Fsp3) is 0.100. The first-order valence-corrected chi connectivity index (χ1v) is 8.10. The van der Waals surface area contributed by atoms with E-state index in [1.807, 2.05) is 30.3 Å².